The maximum absolute atomic E-state index is 11.7. The molecule has 0 fully saturated rings. The zero-order valence-electron chi connectivity index (χ0n) is 12.1. The van der Waals surface area contributed by atoms with E-state index in [9.17, 15) is 9.59 Å². The average molecular weight is 336 g/mol. The van der Waals surface area contributed by atoms with Crippen LogP contribution >= 0.6 is 23.7 Å². The monoisotopic (exact) mass is 335 g/mol. The van der Waals surface area contributed by atoms with E-state index < -0.39 is 0 Å². The lowest BCUT2D eigenvalue weighted by Crippen LogP contribution is -2.24. The van der Waals surface area contributed by atoms with E-state index in [1.54, 1.807) is 5.38 Å². The van der Waals surface area contributed by atoms with E-state index in [4.69, 9.17) is 5.73 Å². The van der Waals surface area contributed by atoms with Crippen LogP contribution in [0.3, 0.4) is 0 Å². The molecule has 6 nitrogen and oxygen atoms in total. The Hall–Kier alpha value is -1.18. The highest BCUT2D eigenvalue weighted by molar-refractivity contribution is 7.09. The Kier molecular flexibility index (Phi) is 10.8. The highest BCUT2D eigenvalue weighted by Crippen LogP contribution is 2.08. The highest BCUT2D eigenvalue weighted by Gasteiger charge is 2.09. The average Bonchev–Trinajstić information content (AvgIpc) is 2.94. The summed E-state index contributed by atoms with van der Waals surface area (Å²) in [5.74, 6) is -0.326. The number of nitrogens with two attached hydrogens (primary N) is 1. The molecular weight excluding hydrogens is 314 g/mol. The molecule has 0 aliphatic carbocycles. The van der Waals surface area contributed by atoms with Crippen molar-refractivity contribution in [3.8, 4) is 0 Å². The molecule has 0 unspecified atom stereocenters. The summed E-state index contributed by atoms with van der Waals surface area (Å²) in [5.41, 5.74) is 5.88. The van der Waals surface area contributed by atoms with Gasteiger partial charge in [0.25, 0.3) is 5.91 Å². The molecule has 0 radical (unpaired) electrons. The largest absolute Gasteiger partial charge is 0.469 e. The van der Waals surface area contributed by atoms with Gasteiger partial charge in [0.15, 0.2) is 0 Å². The third-order valence-electron chi connectivity index (χ3n) is 2.78. The van der Waals surface area contributed by atoms with Gasteiger partial charge in [-0.05, 0) is 12.8 Å². The number of methoxy groups -OCH3 is 1. The van der Waals surface area contributed by atoms with Crippen molar-refractivity contribution in [2.75, 3.05) is 13.7 Å². The number of nitrogens with zero attached hydrogens (tertiary/aromatic N) is 1. The Morgan fingerprint density at radius 1 is 1.33 bits per heavy atom. The van der Waals surface area contributed by atoms with Crippen molar-refractivity contribution in [2.24, 2.45) is 5.73 Å². The summed E-state index contributed by atoms with van der Waals surface area (Å²) < 4.78 is 4.56. The maximum Gasteiger partial charge on any atom is 0.305 e. The zero-order valence-corrected chi connectivity index (χ0v) is 13.7. The van der Waals surface area contributed by atoms with Crippen LogP contribution in [-0.4, -0.2) is 30.5 Å². The molecule has 0 atom stereocenters. The molecule has 1 heterocycles. The minimum atomic E-state index is -0.169. The van der Waals surface area contributed by atoms with Gasteiger partial charge in [-0.1, -0.05) is 12.8 Å². The predicted octanol–water partition coefficient (Wildman–Crippen LogP) is 1.88. The van der Waals surface area contributed by atoms with Gasteiger partial charge in [0.05, 0.1) is 7.11 Å². The molecular formula is C13H22ClN3O3S. The third kappa shape index (κ3) is 7.99. The summed E-state index contributed by atoms with van der Waals surface area (Å²) in [7, 11) is 1.40. The van der Waals surface area contributed by atoms with Crippen LogP contribution in [0.25, 0.3) is 0 Å². The second kappa shape index (κ2) is 11.5. The number of hydrogen-bond acceptors (Lipinski definition) is 6. The number of hydrogen-bond donors (Lipinski definition) is 2. The number of rotatable bonds is 9. The van der Waals surface area contributed by atoms with Crippen molar-refractivity contribution >= 4 is 35.6 Å². The molecule has 8 heteroatoms. The van der Waals surface area contributed by atoms with Crippen LogP contribution in [0.4, 0.5) is 0 Å². The number of halogens is 1. The van der Waals surface area contributed by atoms with Crippen molar-refractivity contribution in [2.45, 2.75) is 38.6 Å². The summed E-state index contributed by atoms with van der Waals surface area (Å²) >= 11 is 1.39. The lowest BCUT2D eigenvalue weighted by atomic mass is 10.1. The molecule has 0 aliphatic rings. The number of ether oxygens (including phenoxy) is 1. The number of unbranched alkanes of at least 4 members (excludes halogenated alkanes) is 3. The fourth-order valence-corrected chi connectivity index (χ4v) is 2.31. The number of nitrogens with one attached hydrogen (secondary N) is 1. The molecule has 1 rings (SSSR count). The smallest absolute Gasteiger partial charge is 0.305 e. The quantitative estimate of drug-likeness (QED) is 0.530. The number of amides is 1. The second-order valence-electron chi connectivity index (χ2n) is 4.33. The lowest BCUT2D eigenvalue weighted by Gasteiger charge is -2.03. The Labute approximate surface area is 134 Å². The van der Waals surface area contributed by atoms with Crippen LogP contribution in [0, 0.1) is 0 Å². The highest BCUT2D eigenvalue weighted by atomic mass is 35.5. The van der Waals surface area contributed by atoms with E-state index in [0.29, 0.717) is 25.2 Å². The van der Waals surface area contributed by atoms with Gasteiger partial charge < -0.3 is 15.8 Å². The Bertz CT molecular complexity index is 440. The van der Waals surface area contributed by atoms with Crippen LogP contribution in [0.15, 0.2) is 5.38 Å². The molecule has 0 saturated carbocycles. The van der Waals surface area contributed by atoms with Crippen LogP contribution < -0.4 is 11.1 Å². The van der Waals surface area contributed by atoms with Crippen molar-refractivity contribution in [1.82, 2.24) is 10.3 Å². The summed E-state index contributed by atoms with van der Waals surface area (Å²) in [6.45, 7) is 0.977. The number of thiazole rings is 1. The molecule has 0 saturated heterocycles. The third-order valence-corrected chi connectivity index (χ3v) is 3.65. The number of esters is 1. The molecule has 1 aromatic heterocycles. The van der Waals surface area contributed by atoms with E-state index in [1.807, 2.05) is 0 Å². The molecule has 21 heavy (non-hydrogen) atoms. The van der Waals surface area contributed by atoms with Gasteiger partial charge in [-0.25, -0.2) is 4.98 Å². The maximum atomic E-state index is 11.7. The standard InChI is InChI=1S/C13H21N3O3S.ClH/c1-19-12(17)6-4-2-3-5-7-15-13(18)10-9-20-11(8-14)16-10;/h9H,2-8,14H2,1H3,(H,15,18);1H. The van der Waals surface area contributed by atoms with Crippen LogP contribution in [0.2, 0.25) is 0 Å². The van der Waals surface area contributed by atoms with E-state index in [2.05, 4.69) is 15.0 Å². The molecule has 1 amide bonds. The first-order valence-corrected chi connectivity index (χ1v) is 7.54. The van der Waals surface area contributed by atoms with Crippen molar-refractivity contribution in [3.05, 3.63) is 16.1 Å². The molecule has 0 bridgehead atoms. The Morgan fingerprint density at radius 3 is 2.67 bits per heavy atom. The topological polar surface area (TPSA) is 94.3 Å². The summed E-state index contributed by atoms with van der Waals surface area (Å²) in [6, 6.07) is 0. The summed E-state index contributed by atoms with van der Waals surface area (Å²) in [5, 5.41) is 5.30. The van der Waals surface area contributed by atoms with E-state index in [1.165, 1.54) is 18.4 Å². The lowest BCUT2D eigenvalue weighted by molar-refractivity contribution is -0.140. The number of carbonyl (C=O) groups excluding carboxylic acids is 2. The number of aromatic nitrogens is 1. The van der Waals surface area contributed by atoms with Crippen LogP contribution in [0.1, 0.15) is 47.6 Å². The van der Waals surface area contributed by atoms with Crippen molar-refractivity contribution in [3.63, 3.8) is 0 Å². The molecule has 0 aliphatic heterocycles. The molecule has 0 aromatic carbocycles. The van der Waals surface area contributed by atoms with Gasteiger partial charge in [-0.2, -0.15) is 0 Å². The van der Waals surface area contributed by atoms with Gasteiger partial charge in [0.2, 0.25) is 0 Å². The molecule has 1 aromatic rings. The first-order chi connectivity index (χ1) is 9.67. The van der Waals surface area contributed by atoms with Crippen molar-refractivity contribution in [1.29, 1.82) is 0 Å². The SMILES string of the molecule is COC(=O)CCCCCCNC(=O)c1csc(CN)n1.Cl. The fraction of sp³-hybridized carbons (Fsp3) is 0.615. The van der Waals surface area contributed by atoms with Crippen molar-refractivity contribution < 1.29 is 14.3 Å². The number of carbonyl (C=O) groups is 2. The first-order valence-electron chi connectivity index (χ1n) is 6.67. The minimum absolute atomic E-state index is 0. The Morgan fingerprint density at radius 2 is 2.05 bits per heavy atom. The fourth-order valence-electron chi connectivity index (χ4n) is 1.65. The van der Waals surface area contributed by atoms with Gasteiger partial charge in [-0.15, -0.1) is 23.7 Å². The van der Waals surface area contributed by atoms with Gasteiger partial charge in [-0.3, -0.25) is 9.59 Å². The van der Waals surface area contributed by atoms with E-state index in [-0.39, 0.29) is 24.3 Å². The zero-order chi connectivity index (χ0) is 14.8. The molecule has 0 spiro atoms. The summed E-state index contributed by atoms with van der Waals surface area (Å²) in [4.78, 5) is 26.7. The van der Waals surface area contributed by atoms with Gasteiger partial charge in [0, 0.05) is 24.9 Å². The first kappa shape index (κ1) is 19.8. The van der Waals surface area contributed by atoms with Gasteiger partial charge in [0.1, 0.15) is 10.7 Å². The molecule has 3 N–H and O–H groups in total. The Balaban J connectivity index is 0.00000400. The van der Waals surface area contributed by atoms with Crippen LogP contribution in [0.5, 0.6) is 0 Å². The van der Waals surface area contributed by atoms with E-state index >= 15 is 0 Å². The predicted molar refractivity (Wildman–Crippen MR) is 84.7 cm³/mol. The van der Waals surface area contributed by atoms with Crippen LogP contribution in [-0.2, 0) is 16.1 Å². The van der Waals surface area contributed by atoms with Gasteiger partial charge >= 0.3 is 5.97 Å². The summed E-state index contributed by atoms with van der Waals surface area (Å²) in [6.07, 6.45) is 4.11. The molecule has 120 valence electrons. The normalized spacial score (nSPS) is 9.81. The second-order valence-corrected chi connectivity index (χ2v) is 5.27. The minimum Gasteiger partial charge on any atom is -0.469 e. The van der Waals surface area contributed by atoms with E-state index in [0.717, 1.165) is 30.7 Å².